The summed E-state index contributed by atoms with van der Waals surface area (Å²) in [4.78, 5) is 23.4. The van der Waals surface area contributed by atoms with Gasteiger partial charge in [0.1, 0.15) is 0 Å². The summed E-state index contributed by atoms with van der Waals surface area (Å²) < 4.78 is 5.74. The summed E-state index contributed by atoms with van der Waals surface area (Å²) in [6.45, 7) is 0. The van der Waals surface area contributed by atoms with Crippen molar-refractivity contribution < 1.29 is 19.4 Å². The van der Waals surface area contributed by atoms with Crippen molar-refractivity contribution in [3.63, 3.8) is 0 Å². The average Bonchev–Trinajstić information content (AvgIpc) is 3.08. The van der Waals surface area contributed by atoms with E-state index >= 15 is 0 Å². The Morgan fingerprint density at radius 2 is 1.95 bits per heavy atom. The number of hydrogen-bond donors (Lipinski definition) is 2. The number of carbonyl (C=O) groups is 2. The van der Waals surface area contributed by atoms with Gasteiger partial charge in [-0.25, -0.2) is 0 Å². The summed E-state index contributed by atoms with van der Waals surface area (Å²) in [5, 5.41) is 12.2. The molecule has 0 aromatic heterocycles. The first kappa shape index (κ1) is 12.6. The molecule has 2 N–H and O–H groups in total. The normalized spacial score (nSPS) is 48.7. The van der Waals surface area contributed by atoms with Crippen molar-refractivity contribution in [2.45, 2.75) is 56.8 Å². The summed E-state index contributed by atoms with van der Waals surface area (Å²) in [6, 6.07) is 0.205. The summed E-state index contributed by atoms with van der Waals surface area (Å²) >= 11 is 0. The van der Waals surface area contributed by atoms with E-state index in [4.69, 9.17) is 9.84 Å². The standard InChI is InChI=1S/C15H21NO4/c17-14(11-6-9-1-2-13(11)20-9)16-12-5-7-3-8(15(18)19)4-10(7)12/h7-13H,1-6H2,(H,16,17)(H,18,19)/t7-,8?,9+,10-,11-,12-,13-/m1/s1. The van der Waals surface area contributed by atoms with Crippen molar-refractivity contribution in [1.82, 2.24) is 5.32 Å². The second-order valence-electron chi connectivity index (χ2n) is 7.00. The van der Waals surface area contributed by atoms with Crippen LogP contribution in [-0.4, -0.2) is 35.2 Å². The molecule has 0 radical (unpaired) electrons. The van der Waals surface area contributed by atoms with Gasteiger partial charge in [-0.1, -0.05) is 0 Å². The molecule has 0 spiro atoms. The molecule has 2 heterocycles. The number of amides is 1. The van der Waals surface area contributed by atoms with Crippen LogP contribution in [0.3, 0.4) is 0 Å². The highest BCUT2D eigenvalue weighted by atomic mass is 16.5. The van der Waals surface area contributed by atoms with Crippen LogP contribution < -0.4 is 5.32 Å². The van der Waals surface area contributed by atoms with Gasteiger partial charge in [0.05, 0.1) is 24.0 Å². The molecule has 2 saturated heterocycles. The Kier molecular flexibility index (Phi) is 2.81. The molecule has 4 aliphatic rings. The minimum atomic E-state index is -0.675. The van der Waals surface area contributed by atoms with E-state index < -0.39 is 5.97 Å². The van der Waals surface area contributed by atoms with Gasteiger partial charge in [-0.15, -0.1) is 0 Å². The van der Waals surface area contributed by atoms with E-state index in [1.54, 1.807) is 0 Å². The SMILES string of the molecule is O=C(O)C1C[C@@H]2C[C@@H](NC(=O)[C@@H]3C[C@@H]4CC[C@H]3O4)[C@@H]2C1. The van der Waals surface area contributed by atoms with Gasteiger partial charge < -0.3 is 15.2 Å². The number of fused-ring (bicyclic) bond motifs is 3. The van der Waals surface area contributed by atoms with Crippen LogP contribution in [0.15, 0.2) is 0 Å². The van der Waals surface area contributed by atoms with Crippen molar-refractivity contribution in [3.8, 4) is 0 Å². The zero-order valence-electron chi connectivity index (χ0n) is 11.5. The van der Waals surface area contributed by atoms with Gasteiger partial charge in [0, 0.05) is 6.04 Å². The molecule has 20 heavy (non-hydrogen) atoms. The molecule has 4 rings (SSSR count). The van der Waals surface area contributed by atoms with Gasteiger partial charge in [0.25, 0.3) is 0 Å². The highest BCUT2D eigenvalue weighted by Crippen LogP contribution is 2.50. The molecule has 1 unspecified atom stereocenters. The van der Waals surface area contributed by atoms with Gasteiger partial charge in [-0.05, 0) is 50.4 Å². The molecule has 2 saturated carbocycles. The van der Waals surface area contributed by atoms with Crippen molar-refractivity contribution >= 4 is 11.9 Å². The Balaban J connectivity index is 1.33. The highest BCUT2D eigenvalue weighted by molar-refractivity contribution is 5.80. The van der Waals surface area contributed by atoms with Crippen LogP contribution >= 0.6 is 0 Å². The van der Waals surface area contributed by atoms with Crippen molar-refractivity contribution in [1.29, 1.82) is 0 Å². The Hall–Kier alpha value is -1.10. The Morgan fingerprint density at radius 3 is 2.60 bits per heavy atom. The van der Waals surface area contributed by atoms with E-state index in [2.05, 4.69) is 5.32 Å². The predicted molar refractivity (Wildman–Crippen MR) is 69.9 cm³/mol. The molecule has 5 heteroatoms. The smallest absolute Gasteiger partial charge is 0.306 e. The van der Waals surface area contributed by atoms with Crippen molar-refractivity contribution in [2.75, 3.05) is 0 Å². The van der Waals surface area contributed by atoms with Crippen molar-refractivity contribution in [3.05, 3.63) is 0 Å². The molecular formula is C15H21NO4. The van der Waals surface area contributed by atoms with Crippen LogP contribution in [0.2, 0.25) is 0 Å². The molecule has 2 aliphatic heterocycles. The van der Waals surface area contributed by atoms with Crippen LogP contribution in [0, 0.1) is 23.7 Å². The highest BCUT2D eigenvalue weighted by Gasteiger charge is 2.51. The fraction of sp³-hybridized carbons (Fsp3) is 0.867. The van der Waals surface area contributed by atoms with Crippen LogP contribution in [0.4, 0.5) is 0 Å². The predicted octanol–water partition coefficient (Wildman–Crippen LogP) is 1.17. The lowest BCUT2D eigenvalue weighted by molar-refractivity contribution is -0.141. The maximum Gasteiger partial charge on any atom is 0.306 e. The molecule has 4 fully saturated rings. The van der Waals surface area contributed by atoms with E-state index in [0.717, 1.165) is 38.5 Å². The molecule has 2 aliphatic carbocycles. The lowest BCUT2D eigenvalue weighted by Gasteiger charge is -2.41. The Bertz CT molecular complexity index is 451. The number of carbonyl (C=O) groups excluding carboxylic acids is 1. The van der Waals surface area contributed by atoms with Crippen LogP contribution in [0.25, 0.3) is 0 Å². The third-order valence-electron chi connectivity index (χ3n) is 5.94. The minimum Gasteiger partial charge on any atom is -0.481 e. The summed E-state index contributed by atoms with van der Waals surface area (Å²) in [5.41, 5.74) is 0. The van der Waals surface area contributed by atoms with Gasteiger partial charge >= 0.3 is 5.97 Å². The van der Waals surface area contributed by atoms with Crippen LogP contribution in [0.5, 0.6) is 0 Å². The van der Waals surface area contributed by atoms with E-state index in [1.165, 1.54) is 0 Å². The molecule has 0 aromatic carbocycles. The number of carboxylic acid groups (broad SMARTS) is 1. The quantitative estimate of drug-likeness (QED) is 0.813. The molecular weight excluding hydrogens is 258 g/mol. The van der Waals surface area contributed by atoms with E-state index in [1.807, 2.05) is 0 Å². The largest absolute Gasteiger partial charge is 0.481 e. The topological polar surface area (TPSA) is 75.6 Å². The second kappa shape index (κ2) is 4.45. The van der Waals surface area contributed by atoms with Gasteiger partial charge in [0.2, 0.25) is 5.91 Å². The third kappa shape index (κ3) is 1.86. The average molecular weight is 279 g/mol. The maximum atomic E-state index is 12.3. The molecule has 2 bridgehead atoms. The molecule has 7 atom stereocenters. The lowest BCUT2D eigenvalue weighted by Crippen LogP contribution is -2.52. The number of rotatable bonds is 3. The van der Waals surface area contributed by atoms with Crippen molar-refractivity contribution in [2.24, 2.45) is 23.7 Å². The number of hydrogen-bond acceptors (Lipinski definition) is 3. The minimum absolute atomic E-state index is 0.0319. The van der Waals surface area contributed by atoms with E-state index in [9.17, 15) is 9.59 Å². The number of aliphatic carboxylic acids is 1. The lowest BCUT2D eigenvalue weighted by atomic mass is 9.71. The Morgan fingerprint density at radius 1 is 1.10 bits per heavy atom. The van der Waals surface area contributed by atoms with Crippen LogP contribution in [-0.2, 0) is 14.3 Å². The summed E-state index contributed by atoms with van der Waals surface area (Å²) in [6.07, 6.45) is 5.90. The van der Waals surface area contributed by atoms with Gasteiger partial charge in [-0.3, -0.25) is 9.59 Å². The summed E-state index contributed by atoms with van der Waals surface area (Å²) in [7, 11) is 0. The molecule has 0 aromatic rings. The second-order valence-corrected chi connectivity index (χ2v) is 7.00. The first-order valence-corrected chi connectivity index (χ1v) is 7.80. The van der Waals surface area contributed by atoms with Gasteiger partial charge in [-0.2, -0.15) is 0 Å². The van der Waals surface area contributed by atoms with E-state index in [-0.39, 0.29) is 29.9 Å². The van der Waals surface area contributed by atoms with E-state index in [0.29, 0.717) is 17.9 Å². The van der Waals surface area contributed by atoms with Crippen LogP contribution in [0.1, 0.15) is 38.5 Å². The molecule has 5 nitrogen and oxygen atoms in total. The fourth-order valence-electron chi connectivity index (χ4n) is 4.80. The molecule has 1 amide bonds. The van der Waals surface area contributed by atoms with Gasteiger partial charge in [0.15, 0.2) is 0 Å². The third-order valence-corrected chi connectivity index (χ3v) is 5.94. The Labute approximate surface area is 118 Å². The number of ether oxygens (including phenoxy) is 1. The molecule has 110 valence electrons. The number of nitrogens with one attached hydrogen (secondary N) is 1. The number of carboxylic acids is 1. The summed E-state index contributed by atoms with van der Waals surface area (Å²) in [5.74, 6) is 0.199. The zero-order valence-corrected chi connectivity index (χ0v) is 11.5. The first-order chi connectivity index (χ1) is 9.61. The maximum absolute atomic E-state index is 12.3. The monoisotopic (exact) mass is 279 g/mol. The fourth-order valence-corrected chi connectivity index (χ4v) is 4.80. The zero-order chi connectivity index (χ0) is 13.9. The first-order valence-electron chi connectivity index (χ1n) is 7.80.